The lowest BCUT2D eigenvalue weighted by atomic mass is 10.2. The predicted molar refractivity (Wildman–Crippen MR) is 540 cm³/mol. The van der Waals surface area contributed by atoms with Crippen molar-refractivity contribution in [3.8, 4) is 31.9 Å². The first-order valence-electron chi connectivity index (χ1n) is 38.4. The highest BCUT2D eigenvalue weighted by atomic mass is 127. The number of carbonyl (C=O) groups excluding carboxylic acids is 6. The topological polar surface area (TPSA) is 329 Å². The Morgan fingerprint density at radius 3 is 0.881 bits per heavy atom. The quantitative estimate of drug-likeness (QED) is 0.00942. The van der Waals surface area contributed by atoms with Crippen molar-refractivity contribution >= 4 is 271 Å². The summed E-state index contributed by atoms with van der Waals surface area (Å²) in [5.41, 5.74) is -1.56. The van der Waals surface area contributed by atoms with Crippen LogP contribution in [0.5, 0.6) is 17.2 Å². The molecule has 0 saturated heterocycles. The maximum absolute atomic E-state index is 12.9. The fraction of sp³-hybridized carbons (Fsp3) is 0.106. The van der Waals surface area contributed by atoms with Gasteiger partial charge in [-0.25, -0.2) is 54.0 Å². The maximum Gasteiger partial charge on any atom is 0.426 e. The van der Waals surface area contributed by atoms with E-state index >= 15 is 0 Å². The molecule has 702 valence electrons. The standard InChI is InChI=1S/3C18H13S.C14H11F3I2O7S.C13H9F3I2O7S.C13H10F3IO7S/c3*1-2-8-14(9-3-1)19-17-12-6-4-10-15(17)16-11-5-7-13-18(16)19;1-6(2)12(20)26-11-8(3-7(18)4-9(11)19)13(21)25-10(14(15,16)17)5-27(22,23)24;1-2-10(19)25-11-7(3-6(17)4-8(11)18)12(20)24-9(13(14,15)16)5-26(21,22)23;1-2-11(18)23-9-5-7(3-4-8(9)17)12(19)24-10(13(14,15)16)6-25(20,21)22/h3*1-13H;3-4,10H,1,5H2,2H3,(H,22,23,24);2-4,9H,1,5H2,(H,21,22,23);2-5,10H,1,6H2,(H,20,21,22)/q3*+1;;;/p-3. The third-order valence-corrected chi connectivity index (χ3v) is 31.2. The number of esters is 6. The largest absolute Gasteiger partial charge is 0.748 e. The number of benzene rings is 12. The van der Waals surface area contributed by atoms with E-state index in [4.69, 9.17) is 14.2 Å². The van der Waals surface area contributed by atoms with Gasteiger partial charge < -0.3 is 42.1 Å². The molecule has 0 aliphatic heterocycles. The summed E-state index contributed by atoms with van der Waals surface area (Å²) < 4.78 is 248. The van der Waals surface area contributed by atoms with Crippen LogP contribution >= 0.6 is 144 Å². The lowest BCUT2D eigenvalue weighted by molar-refractivity contribution is -0.197. The van der Waals surface area contributed by atoms with Gasteiger partial charge in [-0.2, -0.15) is 39.5 Å². The normalized spacial score (nSPS) is 12.2. The van der Waals surface area contributed by atoms with Crippen LogP contribution in [0.4, 0.5) is 39.5 Å². The first-order chi connectivity index (χ1) is 63.5. The zero-order chi connectivity index (χ0) is 98.8. The van der Waals surface area contributed by atoms with Gasteiger partial charge in [0.25, 0.3) is 0 Å². The number of thiophene rings is 3. The van der Waals surface area contributed by atoms with Crippen LogP contribution < -0.4 is 14.2 Å². The van der Waals surface area contributed by atoms with Gasteiger partial charge in [0.05, 0.1) is 63.9 Å². The first-order valence-corrected chi connectivity index (χ1v) is 52.2. The van der Waals surface area contributed by atoms with Crippen molar-refractivity contribution in [1.29, 1.82) is 0 Å². The summed E-state index contributed by atoms with van der Waals surface area (Å²) in [6, 6.07) is 93.6. The summed E-state index contributed by atoms with van der Waals surface area (Å²) in [5.74, 6) is -14.4. The van der Waals surface area contributed by atoms with Gasteiger partial charge in [0.15, 0.2) is 54.4 Å². The second kappa shape index (κ2) is 47.0. The van der Waals surface area contributed by atoms with Crippen molar-refractivity contribution in [3.63, 3.8) is 0 Å². The number of hydrogen-bond donors (Lipinski definition) is 0. The van der Waals surface area contributed by atoms with E-state index in [1.54, 1.807) is 113 Å². The monoisotopic (exact) mass is 2530 g/mol. The molecule has 3 atom stereocenters. The molecule has 3 unspecified atom stereocenters. The molecule has 0 amide bonds. The number of halogens is 14. The third-order valence-electron chi connectivity index (χ3n) is 18.3. The Morgan fingerprint density at radius 2 is 0.615 bits per heavy atom. The zero-order valence-corrected chi connectivity index (χ0v) is 84.7. The zero-order valence-electron chi connectivity index (χ0n) is 69.0. The van der Waals surface area contributed by atoms with Crippen molar-refractivity contribution < 1.29 is 136 Å². The van der Waals surface area contributed by atoms with Crippen LogP contribution in [0.1, 0.15) is 38.0 Å². The van der Waals surface area contributed by atoms with Crippen LogP contribution in [0.15, 0.2) is 317 Å². The van der Waals surface area contributed by atoms with E-state index < -0.39 is 137 Å². The molecule has 15 aromatic rings. The number of rotatable bonds is 21. The Balaban J connectivity index is 0.000000168. The van der Waals surface area contributed by atoms with E-state index in [2.05, 4.69) is 271 Å². The van der Waals surface area contributed by atoms with Gasteiger partial charge in [-0.1, -0.05) is 147 Å². The molecule has 21 nitrogen and oxygen atoms in total. The second-order valence-electron chi connectivity index (χ2n) is 27.9. The Bertz CT molecular complexity index is 6840. The lowest BCUT2D eigenvalue weighted by Gasteiger charge is -2.22. The minimum atomic E-state index is -5.34. The Labute approximate surface area is 841 Å². The molecule has 0 N–H and O–H groups in total. The molecule has 0 aliphatic carbocycles. The van der Waals surface area contributed by atoms with Crippen molar-refractivity contribution in [2.75, 3.05) is 17.3 Å². The Hall–Kier alpha value is -9.91. The van der Waals surface area contributed by atoms with E-state index in [1.165, 1.54) is 100 Å². The average molecular weight is 2530 g/mol. The SMILES string of the molecule is C=C(C)C(=O)Oc1c(I)cc(I)cc1C(=O)OC(CS(=O)(=O)[O-])C(F)(F)F.C=CC(=O)Oc1c(I)cc(I)cc1C(=O)OC(CS(=O)(=O)[O-])C(F)(F)F.C=CC(=O)Oc1cc(C(=O)OC(CS(=O)(=O)[O-])C(F)(F)F)ccc1I.c1ccc(-[s+]2c3ccccc3c3ccccc32)cc1.c1ccc(-[s+]2c3ccccc3c3ccccc32)cc1.c1ccc(-[s+]2c3ccccc3c3ccccc32)cc1. The van der Waals surface area contributed by atoms with Crippen LogP contribution in [0, 0.1) is 17.9 Å². The van der Waals surface area contributed by atoms with E-state index in [1.807, 2.05) is 0 Å². The lowest BCUT2D eigenvalue weighted by Crippen LogP contribution is -2.39. The Kier molecular flexibility index (Phi) is 37.3. The van der Waals surface area contributed by atoms with E-state index in [9.17, 15) is 107 Å². The van der Waals surface area contributed by atoms with Crippen LogP contribution in [0.3, 0.4) is 0 Å². The highest BCUT2D eigenvalue weighted by molar-refractivity contribution is 14.1. The maximum atomic E-state index is 12.9. The van der Waals surface area contributed by atoms with Gasteiger partial charge in [0, 0.05) is 88.6 Å². The minimum absolute atomic E-state index is 0.0331. The molecule has 3 aromatic heterocycles. The molecule has 0 aliphatic rings. The molecule has 15 rings (SSSR count). The molecular formula is C94H66F9I5O21S6. The number of fused-ring (bicyclic) bond motifs is 9. The highest BCUT2D eigenvalue weighted by Gasteiger charge is 2.47. The van der Waals surface area contributed by atoms with E-state index in [-0.39, 0.29) is 61.4 Å². The molecular weight excluding hydrogens is 2460 g/mol. The molecule has 0 radical (unpaired) electrons. The van der Waals surface area contributed by atoms with Gasteiger partial charge >= 0.3 is 54.3 Å². The molecule has 41 heteroatoms. The molecule has 3 heterocycles. The van der Waals surface area contributed by atoms with Crippen LogP contribution in [-0.4, -0.2) is 129 Å². The van der Waals surface area contributed by atoms with Crippen molar-refractivity contribution in [2.24, 2.45) is 0 Å². The number of hydrogen-bond acceptors (Lipinski definition) is 21. The Morgan fingerprint density at radius 1 is 0.356 bits per heavy atom. The van der Waals surface area contributed by atoms with Crippen molar-refractivity contribution in [2.45, 2.75) is 43.8 Å². The van der Waals surface area contributed by atoms with E-state index in [0.717, 1.165) is 36.4 Å². The fourth-order valence-corrected chi connectivity index (χ4v) is 26.0. The van der Waals surface area contributed by atoms with Crippen molar-refractivity contribution in [3.05, 3.63) is 351 Å². The van der Waals surface area contributed by atoms with E-state index in [0.29, 0.717) is 10.7 Å². The van der Waals surface area contributed by atoms with Gasteiger partial charge in [-0.3, -0.25) is 0 Å². The van der Waals surface area contributed by atoms with Crippen LogP contribution in [0.2, 0.25) is 0 Å². The molecule has 0 saturated carbocycles. The van der Waals surface area contributed by atoms with Gasteiger partial charge in [-0.15, -0.1) is 0 Å². The molecule has 0 bridgehead atoms. The second-order valence-corrected chi connectivity index (χ2v) is 44.1. The average Bonchev–Trinajstić information content (AvgIpc) is 1.61. The summed E-state index contributed by atoms with van der Waals surface area (Å²) >= 11 is 8.62. The predicted octanol–water partition coefficient (Wildman–Crippen LogP) is 24.8. The smallest absolute Gasteiger partial charge is 0.426 e. The molecule has 0 spiro atoms. The van der Waals surface area contributed by atoms with Gasteiger partial charge in [-0.05, 0) is 272 Å². The van der Waals surface area contributed by atoms with Crippen LogP contribution in [-0.2, 0) is 58.9 Å². The molecule has 135 heavy (non-hydrogen) atoms. The highest BCUT2D eigenvalue weighted by Crippen LogP contribution is 2.51. The summed E-state index contributed by atoms with van der Waals surface area (Å²) in [4.78, 5) is 74.6. The number of alkyl halides is 9. The summed E-state index contributed by atoms with van der Waals surface area (Å²) in [6.07, 6.45) is -23.7. The summed E-state index contributed by atoms with van der Waals surface area (Å²) in [7, 11) is -15.8. The minimum Gasteiger partial charge on any atom is -0.748 e. The van der Waals surface area contributed by atoms with Crippen LogP contribution in [0.25, 0.3) is 75.2 Å². The molecule has 0 fully saturated rings. The van der Waals surface area contributed by atoms with Gasteiger partial charge in [0.1, 0.15) is 16.9 Å². The number of ether oxygens (including phenoxy) is 6. The number of carbonyl (C=O) groups is 6. The van der Waals surface area contributed by atoms with Crippen molar-refractivity contribution in [1.82, 2.24) is 0 Å². The third kappa shape index (κ3) is 29.6. The summed E-state index contributed by atoms with van der Waals surface area (Å²) in [5, 5.41) is 8.36. The van der Waals surface area contributed by atoms with Gasteiger partial charge in [0.2, 0.25) is 18.3 Å². The first kappa shape index (κ1) is 107. The summed E-state index contributed by atoms with van der Waals surface area (Å²) in [6.45, 7) is 11.0. The molecule has 12 aromatic carbocycles. The fourth-order valence-electron chi connectivity index (χ4n) is 12.5.